The number of rotatable bonds is 9. The van der Waals surface area contributed by atoms with E-state index in [1.807, 2.05) is 30.3 Å². The molecule has 21 heavy (non-hydrogen) atoms. The molecule has 2 amide bonds. The molecule has 0 radical (unpaired) electrons. The van der Waals surface area contributed by atoms with Gasteiger partial charge in [-0.2, -0.15) is 0 Å². The highest BCUT2D eigenvalue weighted by atomic mass is 16.4. The molecule has 0 aliphatic heterocycles. The summed E-state index contributed by atoms with van der Waals surface area (Å²) in [6, 6.07) is 9.32. The zero-order valence-electron chi connectivity index (χ0n) is 11.8. The van der Waals surface area contributed by atoms with Crippen LogP contribution < -0.4 is 5.73 Å². The molecule has 0 spiro atoms. The first kappa shape index (κ1) is 16.7. The Morgan fingerprint density at radius 2 is 1.67 bits per heavy atom. The third-order valence-electron chi connectivity index (χ3n) is 2.95. The molecule has 0 saturated heterocycles. The number of unbranched alkanes of at least 4 members (excludes halogenated alkanes) is 1. The molecule has 1 aromatic carbocycles. The summed E-state index contributed by atoms with van der Waals surface area (Å²) in [6.45, 7) is 0.189. The minimum Gasteiger partial charge on any atom is -0.481 e. The molecule has 1 rings (SSSR count). The third-order valence-corrected chi connectivity index (χ3v) is 2.95. The third kappa shape index (κ3) is 7.10. The highest BCUT2D eigenvalue weighted by molar-refractivity contribution is 5.83. The fourth-order valence-electron chi connectivity index (χ4n) is 1.93. The van der Waals surface area contributed by atoms with Crippen molar-refractivity contribution < 1.29 is 19.5 Å². The lowest BCUT2D eigenvalue weighted by molar-refractivity contribution is -0.138. The van der Waals surface area contributed by atoms with Gasteiger partial charge in [-0.05, 0) is 18.4 Å². The van der Waals surface area contributed by atoms with Gasteiger partial charge in [0.2, 0.25) is 11.8 Å². The van der Waals surface area contributed by atoms with E-state index in [1.54, 1.807) is 0 Å². The van der Waals surface area contributed by atoms with Crippen molar-refractivity contribution in [1.82, 2.24) is 4.90 Å². The minimum absolute atomic E-state index is 0.0434. The highest BCUT2D eigenvalue weighted by Gasteiger charge is 2.16. The van der Waals surface area contributed by atoms with Gasteiger partial charge in [0.05, 0.1) is 6.54 Å². The van der Waals surface area contributed by atoms with Gasteiger partial charge in [-0.15, -0.1) is 0 Å². The molecule has 6 heteroatoms. The van der Waals surface area contributed by atoms with Crippen LogP contribution in [0.15, 0.2) is 30.3 Å². The maximum absolute atomic E-state index is 12.1. The molecule has 0 saturated carbocycles. The average molecular weight is 292 g/mol. The van der Waals surface area contributed by atoms with Gasteiger partial charge < -0.3 is 15.7 Å². The molecule has 1 aromatic rings. The highest BCUT2D eigenvalue weighted by Crippen LogP contribution is 2.08. The molecule has 0 aliphatic carbocycles. The maximum atomic E-state index is 12.1. The van der Waals surface area contributed by atoms with E-state index in [4.69, 9.17) is 10.8 Å². The van der Waals surface area contributed by atoms with Crippen molar-refractivity contribution in [2.24, 2.45) is 5.73 Å². The first-order valence-corrected chi connectivity index (χ1v) is 6.81. The molecule has 0 aromatic heterocycles. The summed E-state index contributed by atoms with van der Waals surface area (Å²) < 4.78 is 0. The van der Waals surface area contributed by atoms with Crippen molar-refractivity contribution in [3.63, 3.8) is 0 Å². The molecular formula is C15H20N2O4. The lowest BCUT2D eigenvalue weighted by Crippen LogP contribution is -2.37. The second kappa shape index (κ2) is 8.73. The van der Waals surface area contributed by atoms with Crippen molar-refractivity contribution in [2.75, 3.05) is 6.54 Å². The quantitative estimate of drug-likeness (QED) is 0.666. The van der Waals surface area contributed by atoms with Crippen LogP contribution >= 0.6 is 0 Å². The van der Waals surface area contributed by atoms with Crippen molar-refractivity contribution >= 4 is 17.8 Å². The van der Waals surface area contributed by atoms with Crippen LogP contribution in [-0.2, 0) is 20.9 Å². The van der Waals surface area contributed by atoms with Crippen LogP contribution in [0.4, 0.5) is 0 Å². The van der Waals surface area contributed by atoms with Crippen molar-refractivity contribution in [3.8, 4) is 0 Å². The van der Waals surface area contributed by atoms with E-state index in [0.717, 1.165) is 5.56 Å². The number of amides is 2. The van der Waals surface area contributed by atoms with Gasteiger partial charge in [-0.1, -0.05) is 30.3 Å². The van der Waals surface area contributed by atoms with Crippen LogP contribution in [-0.4, -0.2) is 34.3 Å². The number of benzene rings is 1. The van der Waals surface area contributed by atoms with Crippen LogP contribution in [0.5, 0.6) is 0 Å². The van der Waals surface area contributed by atoms with E-state index in [9.17, 15) is 14.4 Å². The maximum Gasteiger partial charge on any atom is 0.303 e. The van der Waals surface area contributed by atoms with Gasteiger partial charge in [-0.25, -0.2) is 0 Å². The molecule has 0 fully saturated rings. The Bertz CT molecular complexity index is 488. The van der Waals surface area contributed by atoms with Gasteiger partial charge in [0, 0.05) is 19.4 Å². The fourth-order valence-corrected chi connectivity index (χ4v) is 1.93. The van der Waals surface area contributed by atoms with Gasteiger partial charge in [0.1, 0.15) is 0 Å². The number of carbonyl (C=O) groups is 3. The molecule has 0 unspecified atom stereocenters. The summed E-state index contributed by atoms with van der Waals surface area (Å²) in [4.78, 5) is 35.0. The topological polar surface area (TPSA) is 101 Å². The molecule has 6 nitrogen and oxygen atoms in total. The molecule has 3 N–H and O–H groups in total. The molecule has 114 valence electrons. The molecular weight excluding hydrogens is 272 g/mol. The number of carboxylic acids is 1. The summed E-state index contributed by atoms with van der Waals surface area (Å²) in [6.07, 6.45) is 1.18. The lowest BCUT2D eigenvalue weighted by atomic mass is 10.1. The van der Waals surface area contributed by atoms with E-state index >= 15 is 0 Å². The predicted molar refractivity (Wildman–Crippen MR) is 77.2 cm³/mol. The SMILES string of the molecule is NC(=O)CN(Cc1ccccc1)C(=O)CCCCC(=O)O. The van der Waals surface area contributed by atoms with Crippen LogP contribution in [0.25, 0.3) is 0 Å². The zero-order valence-corrected chi connectivity index (χ0v) is 11.8. The Kier molecular flexibility index (Phi) is 6.94. The number of carboxylic acid groups (broad SMARTS) is 1. The second-order valence-corrected chi connectivity index (χ2v) is 4.80. The Labute approximate surface area is 123 Å². The summed E-state index contributed by atoms with van der Waals surface area (Å²) in [5.41, 5.74) is 6.08. The molecule has 0 atom stereocenters. The number of carbonyl (C=O) groups excluding carboxylic acids is 2. The van der Waals surface area contributed by atoms with E-state index in [1.165, 1.54) is 4.90 Å². The number of hydrogen-bond donors (Lipinski definition) is 2. The number of aliphatic carboxylic acids is 1. The first-order chi connectivity index (χ1) is 9.99. The first-order valence-electron chi connectivity index (χ1n) is 6.81. The summed E-state index contributed by atoms with van der Waals surface area (Å²) in [5.74, 6) is -1.63. The minimum atomic E-state index is -0.874. The van der Waals surface area contributed by atoms with Gasteiger partial charge >= 0.3 is 5.97 Å². The van der Waals surface area contributed by atoms with E-state index < -0.39 is 11.9 Å². The van der Waals surface area contributed by atoms with Gasteiger partial charge in [0.25, 0.3) is 0 Å². The Hall–Kier alpha value is -2.37. The summed E-state index contributed by atoms with van der Waals surface area (Å²) >= 11 is 0. The normalized spacial score (nSPS) is 10.1. The fraction of sp³-hybridized carbons (Fsp3) is 0.400. The Morgan fingerprint density at radius 1 is 1.05 bits per heavy atom. The van der Waals surface area contributed by atoms with E-state index in [-0.39, 0.29) is 25.3 Å². The Morgan fingerprint density at radius 3 is 2.24 bits per heavy atom. The number of nitrogens with two attached hydrogens (primary N) is 1. The van der Waals surface area contributed by atoms with E-state index in [0.29, 0.717) is 19.4 Å². The summed E-state index contributed by atoms with van der Waals surface area (Å²) in [5, 5.41) is 8.55. The van der Waals surface area contributed by atoms with Crippen molar-refractivity contribution in [3.05, 3.63) is 35.9 Å². The number of hydrogen-bond acceptors (Lipinski definition) is 3. The summed E-state index contributed by atoms with van der Waals surface area (Å²) in [7, 11) is 0. The second-order valence-electron chi connectivity index (χ2n) is 4.80. The van der Waals surface area contributed by atoms with Crippen molar-refractivity contribution in [2.45, 2.75) is 32.2 Å². The average Bonchev–Trinajstić information content (AvgIpc) is 2.43. The number of nitrogens with zero attached hydrogens (tertiary/aromatic N) is 1. The smallest absolute Gasteiger partial charge is 0.303 e. The zero-order chi connectivity index (χ0) is 15.7. The molecule has 0 bridgehead atoms. The van der Waals surface area contributed by atoms with Crippen molar-refractivity contribution in [1.29, 1.82) is 0 Å². The van der Waals surface area contributed by atoms with Crippen LogP contribution in [0.1, 0.15) is 31.2 Å². The molecule has 0 heterocycles. The van der Waals surface area contributed by atoms with Gasteiger partial charge in [0.15, 0.2) is 0 Å². The van der Waals surface area contributed by atoms with Crippen LogP contribution in [0, 0.1) is 0 Å². The largest absolute Gasteiger partial charge is 0.481 e. The van der Waals surface area contributed by atoms with E-state index in [2.05, 4.69) is 0 Å². The number of primary amides is 1. The van der Waals surface area contributed by atoms with Crippen LogP contribution in [0.3, 0.4) is 0 Å². The Balaban J connectivity index is 2.53. The standard InChI is InChI=1S/C15H20N2O4/c16-13(18)11-17(10-12-6-2-1-3-7-12)14(19)8-4-5-9-15(20)21/h1-3,6-7H,4-5,8-11H2,(H2,16,18)(H,20,21). The monoisotopic (exact) mass is 292 g/mol. The lowest BCUT2D eigenvalue weighted by Gasteiger charge is -2.21. The predicted octanol–water partition coefficient (Wildman–Crippen LogP) is 1.15. The van der Waals surface area contributed by atoms with Gasteiger partial charge in [-0.3, -0.25) is 14.4 Å². The van der Waals surface area contributed by atoms with Crippen LogP contribution in [0.2, 0.25) is 0 Å². The molecule has 0 aliphatic rings.